The van der Waals surface area contributed by atoms with E-state index in [1.807, 2.05) is 32.9 Å². The number of esters is 1. The van der Waals surface area contributed by atoms with Crippen LogP contribution in [0, 0.1) is 13.8 Å². The molecule has 0 aliphatic rings. The van der Waals surface area contributed by atoms with Gasteiger partial charge in [-0.15, -0.1) is 11.8 Å². The lowest BCUT2D eigenvalue weighted by molar-refractivity contribution is -0.145. The molecule has 0 saturated carbocycles. The molecule has 0 heterocycles. The quantitative estimate of drug-likeness (QED) is 0.527. The Kier molecular flexibility index (Phi) is 8.84. The van der Waals surface area contributed by atoms with Crippen molar-refractivity contribution in [2.75, 3.05) is 18.9 Å². The molecule has 132 valence electrons. The summed E-state index contributed by atoms with van der Waals surface area (Å²) in [6, 6.07) is 3.39. The predicted octanol–water partition coefficient (Wildman–Crippen LogP) is 2.94. The molecule has 0 bridgehead atoms. The van der Waals surface area contributed by atoms with Crippen LogP contribution in [-0.2, 0) is 14.3 Å². The van der Waals surface area contributed by atoms with Gasteiger partial charge in [0.15, 0.2) is 6.61 Å². The highest BCUT2D eigenvalue weighted by atomic mass is 79.9. The standard InChI is InChI=1S/C16H21BrN2O4S/c1-4-5-18-16(22)19-14(20)8-23-15(21)9-24-13-7-10(2)12(17)6-11(13)3/h6-7H,4-5,8-9H2,1-3H3,(H2,18,19,20,22). The number of thioether (sulfide) groups is 1. The minimum Gasteiger partial charge on any atom is -0.455 e. The summed E-state index contributed by atoms with van der Waals surface area (Å²) in [6.07, 6.45) is 0.767. The van der Waals surface area contributed by atoms with E-state index in [1.165, 1.54) is 11.8 Å². The lowest BCUT2D eigenvalue weighted by Gasteiger charge is -2.09. The zero-order valence-corrected chi connectivity index (χ0v) is 16.3. The number of urea groups is 1. The van der Waals surface area contributed by atoms with Gasteiger partial charge in [0.05, 0.1) is 5.75 Å². The summed E-state index contributed by atoms with van der Waals surface area (Å²) in [5.41, 5.74) is 2.13. The number of hydrogen-bond donors (Lipinski definition) is 2. The molecule has 1 aromatic rings. The Morgan fingerprint density at radius 2 is 1.92 bits per heavy atom. The van der Waals surface area contributed by atoms with Gasteiger partial charge < -0.3 is 10.1 Å². The molecule has 0 fully saturated rings. The molecule has 0 aromatic heterocycles. The van der Waals surface area contributed by atoms with Crippen LogP contribution in [0.15, 0.2) is 21.5 Å². The number of carbonyl (C=O) groups excluding carboxylic acids is 3. The summed E-state index contributed by atoms with van der Waals surface area (Å²) in [4.78, 5) is 35.4. The van der Waals surface area contributed by atoms with Crippen molar-refractivity contribution >= 4 is 45.6 Å². The van der Waals surface area contributed by atoms with Gasteiger partial charge >= 0.3 is 12.0 Å². The summed E-state index contributed by atoms with van der Waals surface area (Å²) in [7, 11) is 0. The van der Waals surface area contributed by atoms with Gasteiger partial charge in [-0.3, -0.25) is 14.9 Å². The largest absolute Gasteiger partial charge is 0.455 e. The Bertz CT molecular complexity index is 622. The molecule has 1 rings (SSSR count). The van der Waals surface area contributed by atoms with Gasteiger partial charge in [-0.1, -0.05) is 22.9 Å². The van der Waals surface area contributed by atoms with E-state index in [0.717, 1.165) is 26.9 Å². The molecule has 1 aromatic carbocycles. The number of amides is 3. The highest BCUT2D eigenvalue weighted by Gasteiger charge is 2.12. The fraction of sp³-hybridized carbons (Fsp3) is 0.438. The first kappa shape index (κ1) is 20.5. The van der Waals surface area contributed by atoms with Crippen LogP contribution >= 0.6 is 27.7 Å². The molecule has 8 heteroatoms. The Hall–Kier alpha value is -1.54. The number of halogens is 1. The number of carbonyl (C=O) groups is 3. The van der Waals surface area contributed by atoms with E-state index >= 15 is 0 Å². The molecule has 0 aliphatic carbocycles. The van der Waals surface area contributed by atoms with Crippen LogP contribution in [0.5, 0.6) is 0 Å². The second-order valence-corrected chi connectivity index (χ2v) is 6.99. The summed E-state index contributed by atoms with van der Waals surface area (Å²) >= 11 is 4.81. The third-order valence-electron chi connectivity index (χ3n) is 2.95. The van der Waals surface area contributed by atoms with Gasteiger partial charge in [0.2, 0.25) is 0 Å². The van der Waals surface area contributed by atoms with Crippen LogP contribution < -0.4 is 10.6 Å². The Balaban J connectivity index is 2.35. The first-order chi connectivity index (χ1) is 11.3. The van der Waals surface area contributed by atoms with Crippen LogP contribution in [0.4, 0.5) is 4.79 Å². The topological polar surface area (TPSA) is 84.5 Å². The van der Waals surface area contributed by atoms with Crippen molar-refractivity contribution in [1.29, 1.82) is 0 Å². The van der Waals surface area contributed by atoms with E-state index in [4.69, 9.17) is 4.74 Å². The first-order valence-corrected chi connectivity index (χ1v) is 9.24. The molecule has 3 amide bonds. The molecule has 0 radical (unpaired) electrons. The summed E-state index contributed by atoms with van der Waals surface area (Å²) < 4.78 is 5.88. The predicted molar refractivity (Wildman–Crippen MR) is 97.1 cm³/mol. The number of nitrogens with one attached hydrogen (secondary N) is 2. The minimum absolute atomic E-state index is 0.0945. The number of rotatable bonds is 7. The van der Waals surface area contributed by atoms with Gasteiger partial charge in [-0.25, -0.2) is 4.79 Å². The SMILES string of the molecule is CCCNC(=O)NC(=O)COC(=O)CSc1cc(C)c(Br)cc1C. The van der Waals surface area contributed by atoms with Crippen LogP contribution in [0.2, 0.25) is 0 Å². The maximum Gasteiger partial charge on any atom is 0.321 e. The van der Waals surface area contributed by atoms with Crippen molar-refractivity contribution < 1.29 is 19.1 Å². The fourth-order valence-electron chi connectivity index (χ4n) is 1.68. The maximum atomic E-state index is 11.7. The summed E-state index contributed by atoms with van der Waals surface area (Å²) in [5.74, 6) is -1.07. The number of ether oxygens (including phenoxy) is 1. The van der Waals surface area contributed by atoms with Crippen molar-refractivity contribution in [3.63, 3.8) is 0 Å². The number of hydrogen-bond acceptors (Lipinski definition) is 5. The maximum absolute atomic E-state index is 11.7. The lowest BCUT2D eigenvalue weighted by atomic mass is 10.2. The molecule has 0 unspecified atom stereocenters. The van der Waals surface area contributed by atoms with Crippen LogP contribution in [0.3, 0.4) is 0 Å². The van der Waals surface area contributed by atoms with Crippen molar-refractivity contribution in [3.05, 3.63) is 27.7 Å². The van der Waals surface area contributed by atoms with E-state index in [-0.39, 0.29) is 5.75 Å². The third kappa shape index (κ3) is 7.35. The van der Waals surface area contributed by atoms with Gasteiger partial charge in [-0.05, 0) is 43.5 Å². The molecule has 0 saturated heterocycles. The van der Waals surface area contributed by atoms with Gasteiger partial charge in [0, 0.05) is 15.9 Å². The smallest absolute Gasteiger partial charge is 0.321 e. The van der Waals surface area contributed by atoms with E-state index in [1.54, 1.807) is 0 Å². The second-order valence-electron chi connectivity index (χ2n) is 5.12. The van der Waals surface area contributed by atoms with E-state index in [0.29, 0.717) is 6.54 Å². The second kappa shape index (κ2) is 10.4. The zero-order chi connectivity index (χ0) is 18.1. The molecule has 0 spiro atoms. The first-order valence-electron chi connectivity index (χ1n) is 7.46. The highest BCUT2D eigenvalue weighted by Crippen LogP contribution is 2.28. The third-order valence-corrected chi connectivity index (χ3v) is 4.94. The van der Waals surface area contributed by atoms with Crippen LogP contribution in [0.25, 0.3) is 0 Å². The highest BCUT2D eigenvalue weighted by molar-refractivity contribution is 9.10. The summed E-state index contributed by atoms with van der Waals surface area (Å²) in [5, 5.41) is 4.58. The van der Waals surface area contributed by atoms with Gasteiger partial charge in [-0.2, -0.15) is 0 Å². The van der Waals surface area contributed by atoms with E-state index in [9.17, 15) is 14.4 Å². The van der Waals surface area contributed by atoms with Crippen LogP contribution in [0.1, 0.15) is 24.5 Å². The van der Waals surface area contributed by atoms with Crippen molar-refractivity contribution in [3.8, 4) is 0 Å². The van der Waals surface area contributed by atoms with E-state index in [2.05, 4.69) is 26.6 Å². The van der Waals surface area contributed by atoms with Gasteiger partial charge in [0.1, 0.15) is 0 Å². The normalized spacial score (nSPS) is 10.2. The number of imide groups is 1. The zero-order valence-electron chi connectivity index (χ0n) is 13.9. The molecule has 24 heavy (non-hydrogen) atoms. The van der Waals surface area contributed by atoms with Gasteiger partial charge in [0.25, 0.3) is 5.91 Å². The van der Waals surface area contributed by atoms with Crippen molar-refractivity contribution in [2.45, 2.75) is 32.1 Å². The average molecular weight is 417 g/mol. The van der Waals surface area contributed by atoms with E-state index < -0.39 is 24.5 Å². The Morgan fingerprint density at radius 3 is 2.58 bits per heavy atom. The molecular weight excluding hydrogens is 396 g/mol. The molecule has 0 atom stereocenters. The van der Waals surface area contributed by atoms with Crippen LogP contribution in [-0.4, -0.2) is 36.8 Å². The molecule has 6 nitrogen and oxygen atoms in total. The Labute approximate surface area is 154 Å². The molecule has 2 N–H and O–H groups in total. The Morgan fingerprint density at radius 1 is 1.21 bits per heavy atom. The van der Waals surface area contributed by atoms with Crippen molar-refractivity contribution in [2.24, 2.45) is 0 Å². The minimum atomic E-state index is -0.655. The van der Waals surface area contributed by atoms with Crippen molar-refractivity contribution in [1.82, 2.24) is 10.6 Å². The fourth-order valence-corrected chi connectivity index (χ4v) is 3.04. The lowest BCUT2D eigenvalue weighted by Crippen LogP contribution is -2.41. The summed E-state index contributed by atoms with van der Waals surface area (Å²) in [6.45, 7) is 5.83. The average Bonchev–Trinajstić information content (AvgIpc) is 2.53. The number of benzene rings is 1. The molecule has 0 aliphatic heterocycles. The molecular formula is C16H21BrN2O4S. The monoisotopic (exact) mass is 416 g/mol. The number of aryl methyl sites for hydroxylation is 2.